The summed E-state index contributed by atoms with van der Waals surface area (Å²) in [6, 6.07) is 4.69. The number of thiophene rings is 1. The standard InChI is InChI=1S/C12H16N2S2/c1-4-10-7-15-12(14-10)13-9(3)11-6-5-8(2)16-11/h5-7,9H,4H2,1-3H3,(H,13,14). The molecule has 0 aromatic carbocycles. The lowest BCUT2D eigenvalue weighted by atomic mass is 10.3. The second-order valence-electron chi connectivity index (χ2n) is 3.81. The van der Waals surface area contributed by atoms with Crippen LogP contribution in [-0.2, 0) is 6.42 Å². The fourth-order valence-corrected chi connectivity index (χ4v) is 3.24. The van der Waals surface area contributed by atoms with Gasteiger partial charge in [0.25, 0.3) is 0 Å². The van der Waals surface area contributed by atoms with Crippen molar-refractivity contribution in [1.82, 2.24) is 4.98 Å². The maximum Gasteiger partial charge on any atom is 0.183 e. The smallest absolute Gasteiger partial charge is 0.183 e. The van der Waals surface area contributed by atoms with Gasteiger partial charge in [-0.2, -0.15) is 0 Å². The van der Waals surface area contributed by atoms with Gasteiger partial charge in [-0.3, -0.25) is 0 Å². The molecular weight excluding hydrogens is 236 g/mol. The van der Waals surface area contributed by atoms with Crippen molar-refractivity contribution < 1.29 is 0 Å². The molecule has 0 fully saturated rings. The Balaban J connectivity index is 2.04. The van der Waals surface area contributed by atoms with E-state index in [2.05, 4.69) is 48.6 Å². The Bertz CT molecular complexity index is 459. The van der Waals surface area contributed by atoms with Crippen LogP contribution in [0.3, 0.4) is 0 Å². The van der Waals surface area contributed by atoms with Crippen molar-refractivity contribution in [3.05, 3.63) is 33.0 Å². The molecule has 0 amide bonds. The van der Waals surface area contributed by atoms with Crippen molar-refractivity contribution in [2.24, 2.45) is 0 Å². The largest absolute Gasteiger partial charge is 0.354 e. The molecule has 2 rings (SSSR count). The van der Waals surface area contributed by atoms with E-state index in [0.717, 1.165) is 11.6 Å². The van der Waals surface area contributed by atoms with Crippen LogP contribution >= 0.6 is 22.7 Å². The molecule has 0 spiro atoms. The molecule has 1 unspecified atom stereocenters. The van der Waals surface area contributed by atoms with E-state index in [1.54, 1.807) is 11.3 Å². The van der Waals surface area contributed by atoms with Gasteiger partial charge in [-0.05, 0) is 32.4 Å². The lowest BCUT2D eigenvalue weighted by molar-refractivity contribution is 0.900. The van der Waals surface area contributed by atoms with Crippen molar-refractivity contribution in [1.29, 1.82) is 0 Å². The van der Waals surface area contributed by atoms with Gasteiger partial charge in [0, 0.05) is 15.1 Å². The van der Waals surface area contributed by atoms with Crippen LogP contribution < -0.4 is 5.32 Å². The number of aryl methyl sites for hydroxylation is 2. The highest BCUT2D eigenvalue weighted by Gasteiger charge is 2.09. The Hall–Kier alpha value is -0.870. The monoisotopic (exact) mass is 252 g/mol. The summed E-state index contributed by atoms with van der Waals surface area (Å²) in [4.78, 5) is 7.24. The van der Waals surface area contributed by atoms with Gasteiger partial charge in [-0.25, -0.2) is 4.98 Å². The number of thiazole rings is 1. The van der Waals surface area contributed by atoms with Gasteiger partial charge in [0.05, 0.1) is 11.7 Å². The molecule has 16 heavy (non-hydrogen) atoms. The summed E-state index contributed by atoms with van der Waals surface area (Å²) in [5.41, 5.74) is 1.17. The highest BCUT2D eigenvalue weighted by molar-refractivity contribution is 7.14. The third-order valence-corrected chi connectivity index (χ3v) is 4.45. The Morgan fingerprint density at radius 3 is 2.81 bits per heavy atom. The Kier molecular flexibility index (Phi) is 3.61. The average Bonchev–Trinajstić information content (AvgIpc) is 2.87. The van der Waals surface area contributed by atoms with Crippen LogP contribution in [0, 0.1) is 6.92 Å². The molecule has 1 atom stereocenters. The maximum atomic E-state index is 4.51. The van der Waals surface area contributed by atoms with Crippen LogP contribution in [0.4, 0.5) is 5.13 Å². The number of nitrogens with zero attached hydrogens (tertiary/aromatic N) is 1. The van der Waals surface area contributed by atoms with E-state index < -0.39 is 0 Å². The number of hydrogen-bond donors (Lipinski definition) is 1. The molecule has 86 valence electrons. The molecule has 0 saturated heterocycles. The molecule has 0 aliphatic heterocycles. The van der Waals surface area contributed by atoms with E-state index in [1.165, 1.54) is 15.4 Å². The summed E-state index contributed by atoms with van der Waals surface area (Å²) in [6.07, 6.45) is 1.00. The Morgan fingerprint density at radius 2 is 2.25 bits per heavy atom. The molecule has 0 saturated carbocycles. The second-order valence-corrected chi connectivity index (χ2v) is 5.99. The molecule has 2 heterocycles. The highest BCUT2D eigenvalue weighted by Crippen LogP contribution is 2.27. The number of hydrogen-bond acceptors (Lipinski definition) is 4. The lowest BCUT2D eigenvalue weighted by Crippen LogP contribution is -2.04. The second kappa shape index (κ2) is 4.97. The van der Waals surface area contributed by atoms with Gasteiger partial charge < -0.3 is 5.32 Å². The van der Waals surface area contributed by atoms with E-state index in [0.29, 0.717) is 6.04 Å². The zero-order valence-corrected chi connectivity index (χ0v) is 11.4. The molecule has 2 aromatic heterocycles. The molecule has 0 aliphatic carbocycles. The third-order valence-electron chi connectivity index (χ3n) is 2.44. The predicted molar refractivity (Wildman–Crippen MR) is 72.6 cm³/mol. The summed E-state index contributed by atoms with van der Waals surface area (Å²) in [7, 11) is 0. The van der Waals surface area contributed by atoms with Crippen LogP contribution in [0.25, 0.3) is 0 Å². The number of aromatic nitrogens is 1. The van der Waals surface area contributed by atoms with Gasteiger partial charge in [-0.15, -0.1) is 22.7 Å². The number of nitrogens with one attached hydrogen (secondary N) is 1. The van der Waals surface area contributed by atoms with Crippen LogP contribution in [0.2, 0.25) is 0 Å². The fourth-order valence-electron chi connectivity index (χ4n) is 1.48. The molecule has 1 N–H and O–H groups in total. The van der Waals surface area contributed by atoms with Gasteiger partial charge in [0.2, 0.25) is 0 Å². The zero-order chi connectivity index (χ0) is 11.5. The lowest BCUT2D eigenvalue weighted by Gasteiger charge is -2.10. The van der Waals surface area contributed by atoms with E-state index in [-0.39, 0.29) is 0 Å². The SMILES string of the molecule is CCc1csc(NC(C)c2ccc(C)s2)n1. The first-order valence-corrected chi connectivity index (χ1v) is 7.16. The molecule has 2 aromatic rings. The van der Waals surface area contributed by atoms with E-state index >= 15 is 0 Å². The van der Waals surface area contributed by atoms with Gasteiger partial charge >= 0.3 is 0 Å². The topological polar surface area (TPSA) is 24.9 Å². The van der Waals surface area contributed by atoms with Crippen molar-refractivity contribution in [2.75, 3.05) is 5.32 Å². The fraction of sp³-hybridized carbons (Fsp3) is 0.417. The Labute approximate surface area is 104 Å². The first kappa shape index (κ1) is 11.6. The van der Waals surface area contributed by atoms with Crippen LogP contribution in [0.15, 0.2) is 17.5 Å². The highest BCUT2D eigenvalue weighted by atomic mass is 32.1. The normalized spacial score (nSPS) is 12.7. The average molecular weight is 252 g/mol. The van der Waals surface area contributed by atoms with E-state index in [9.17, 15) is 0 Å². The molecule has 0 bridgehead atoms. The Morgan fingerprint density at radius 1 is 1.44 bits per heavy atom. The summed E-state index contributed by atoms with van der Waals surface area (Å²) in [6.45, 7) is 6.45. The zero-order valence-electron chi connectivity index (χ0n) is 9.78. The molecule has 2 nitrogen and oxygen atoms in total. The molecular formula is C12H16N2S2. The third kappa shape index (κ3) is 2.62. The first-order valence-electron chi connectivity index (χ1n) is 5.46. The minimum Gasteiger partial charge on any atom is -0.354 e. The van der Waals surface area contributed by atoms with Crippen molar-refractivity contribution in [2.45, 2.75) is 33.2 Å². The van der Waals surface area contributed by atoms with Crippen molar-refractivity contribution in [3.63, 3.8) is 0 Å². The number of anilines is 1. The number of rotatable bonds is 4. The van der Waals surface area contributed by atoms with Gasteiger partial charge in [0.1, 0.15) is 0 Å². The van der Waals surface area contributed by atoms with Gasteiger partial charge in [-0.1, -0.05) is 6.92 Å². The minimum absolute atomic E-state index is 0.342. The molecule has 4 heteroatoms. The maximum absolute atomic E-state index is 4.51. The minimum atomic E-state index is 0.342. The van der Waals surface area contributed by atoms with Gasteiger partial charge in [0.15, 0.2) is 5.13 Å². The summed E-state index contributed by atoms with van der Waals surface area (Å²) in [5.74, 6) is 0. The van der Waals surface area contributed by atoms with Crippen LogP contribution in [-0.4, -0.2) is 4.98 Å². The first-order chi connectivity index (χ1) is 7.69. The summed E-state index contributed by atoms with van der Waals surface area (Å²) >= 11 is 3.53. The van der Waals surface area contributed by atoms with E-state index in [1.807, 2.05) is 11.3 Å². The molecule has 0 aliphatic rings. The predicted octanol–water partition coefficient (Wildman–Crippen LogP) is 4.25. The van der Waals surface area contributed by atoms with Crippen molar-refractivity contribution >= 4 is 27.8 Å². The summed E-state index contributed by atoms with van der Waals surface area (Å²) < 4.78 is 0. The van der Waals surface area contributed by atoms with E-state index in [4.69, 9.17) is 0 Å². The van der Waals surface area contributed by atoms with Crippen molar-refractivity contribution in [3.8, 4) is 0 Å². The summed E-state index contributed by atoms with van der Waals surface area (Å²) in [5, 5.41) is 6.59. The van der Waals surface area contributed by atoms with Crippen LogP contribution in [0.1, 0.15) is 35.3 Å². The quantitative estimate of drug-likeness (QED) is 0.880. The molecule has 0 radical (unpaired) electrons. The van der Waals surface area contributed by atoms with Crippen LogP contribution in [0.5, 0.6) is 0 Å².